The first kappa shape index (κ1) is 16.1. The quantitative estimate of drug-likeness (QED) is 0.610. The molecule has 3 heterocycles. The first-order valence-corrected chi connectivity index (χ1v) is 7.53. The molecule has 9 heteroatoms. The van der Waals surface area contributed by atoms with Crippen molar-refractivity contribution >= 4 is 11.8 Å². The normalized spacial score (nSPS) is 30.3. The zero-order valence-electron chi connectivity index (χ0n) is 12.6. The average Bonchev–Trinajstić information content (AvgIpc) is 3.21. The summed E-state index contributed by atoms with van der Waals surface area (Å²) in [6.45, 7) is -0.132. The molecular formula is C16H12F3NO5. The predicted molar refractivity (Wildman–Crippen MR) is 74.5 cm³/mol. The number of amides is 2. The highest BCUT2D eigenvalue weighted by Gasteiger charge is 2.61. The maximum Gasteiger partial charge on any atom is 0.573 e. The lowest BCUT2D eigenvalue weighted by Crippen LogP contribution is -2.34. The van der Waals surface area contributed by atoms with Gasteiger partial charge in [0.2, 0.25) is 0 Å². The number of fused-ring (bicyclic) bond motifs is 5. The van der Waals surface area contributed by atoms with Gasteiger partial charge in [-0.25, -0.2) is 0 Å². The average molecular weight is 355 g/mol. The molecule has 0 spiro atoms. The van der Waals surface area contributed by atoms with Crippen molar-refractivity contribution in [2.75, 3.05) is 0 Å². The molecule has 0 saturated carbocycles. The number of hydrogen-bond acceptors (Lipinski definition) is 5. The van der Waals surface area contributed by atoms with Gasteiger partial charge in [-0.3, -0.25) is 14.4 Å². The molecule has 4 rings (SSSR count). The van der Waals surface area contributed by atoms with Crippen LogP contribution in [0.5, 0.6) is 5.75 Å². The van der Waals surface area contributed by atoms with Crippen molar-refractivity contribution in [3.05, 3.63) is 42.0 Å². The van der Waals surface area contributed by atoms with Crippen LogP contribution in [0.1, 0.15) is 5.56 Å². The van der Waals surface area contributed by atoms with Gasteiger partial charge in [-0.15, -0.1) is 13.2 Å². The fourth-order valence-electron chi connectivity index (χ4n) is 3.33. The van der Waals surface area contributed by atoms with Crippen LogP contribution in [0, 0.1) is 11.8 Å². The number of ether oxygens (including phenoxy) is 2. The van der Waals surface area contributed by atoms with Gasteiger partial charge in [-0.2, -0.15) is 5.06 Å². The third kappa shape index (κ3) is 2.79. The zero-order valence-corrected chi connectivity index (χ0v) is 12.6. The van der Waals surface area contributed by atoms with Crippen LogP contribution in [0.4, 0.5) is 13.2 Å². The molecule has 0 unspecified atom stereocenters. The van der Waals surface area contributed by atoms with Crippen LogP contribution in [0.2, 0.25) is 0 Å². The molecule has 2 amide bonds. The van der Waals surface area contributed by atoms with E-state index in [2.05, 4.69) is 4.74 Å². The monoisotopic (exact) mass is 355 g/mol. The van der Waals surface area contributed by atoms with E-state index in [1.54, 1.807) is 12.2 Å². The highest BCUT2D eigenvalue weighted by atomic mass is 19.4. The van der Waals surface area contributed by atoms with E-state index in [9.17, 15) is 22.8 Å². The Hall–Kier alpha value is -2.39. The van der Waals surface area contributed by atoms with Crippen LogP contribution >= 0.6 is 0 Å². The molecule has 6 nitrogen and oxygen atoms in total. The van der Waals surface area contributed by atoms with Crippen LogP contribution in [0.3, 0.4) is 0 Å². The zero-order chi connectivity index (χ0) is 17.8. The SMILES string of the molecule is O=C1[C@@H]2[C@H](C(=O)N1OCc1ccc(OC(F)(F)F)cc1)[C@H]1C=C[C@H]2O1. The number of hydrogen-bond donors (Lipinski definition) is 0. The lowest BCUT2D eigenvalue weighted by Gasteiger charge is -2.17. The summed E-state index contributed by atoms with van der Waals surface area (Å²) in [6.07, 6.45) is -2.04. The largest absolute Gasteiger partial charge is 0.573 e. The molecule has 132 valence electrons. The van der Waals surface area contributed by atoms with E-state index in [1.807, 2.05) is 0 Å². The van der Waals surface area contributed by atoms with Crippen molar-refractivity contribution in [2.45, 2.75) is 25.2 Å². The summed E-state index contributed by atoms with van der Waals surface area (Å²) in [5.41, 5.74) is 0.490. The number of carbonyl (C=O) groups is 2. The Morgan fingerprint density at radius 1 is 1.00 bits per heavy atom. The van der Waals surface area contributed by atoms with E-state index in [-0.39, 0.29) is 12.4 Å². The van der Waals surface area contributed by atoms with Crippen molar-refractivity contribution < 1.29 is 37.1 Å². The Labute approximate surface area is 139 Å². The second-order valence-corrected chi connectivity index (χ2v) is 5.94. The van der Waals surface area contributed by atoms with Gasteiger partial charge in [0.25, 0.3) is 11.8 Å². The molecule has 1 aromatic carbocycles. The molecule has 0 aromatic heterocycles. The number of nitrogens with zero attached hydrogens (tertiary/aromatic N) is 1. The maximum atomic E-state index is 12.3. The van der Waals surface area contributed by atoms with E-state index in [0.717, 1.165) is 17.2 Å². The van der Waals surface area contributed by atoms with Crippen LogP contribution in [-0.4, -0.2) is 35.4 Å². The number of hydroxylamine groups is 2. The molecule has 0 aliphatic carbocycles. The van der Waals surface area contributed by atoms with Crippen molar-refractivity contribution in [1.29, 1.82) is 0 Å². The second kappa shape index (κ2) is 5.57. The van der Waals surface area contributed by atoms with E-state index >= 15 is 0 Å². The molecule has 3 aliphatic rings. The summed E-state index contributed by atoms with van der Waals surface area (Å²) < 4.78 is 45.6. The maximum absolute atomic E-state index is 12.3. The smallest absolute Gasteiger partial charge is 0.406 e. The molecule has 1 aromatic rings. The first-order valence-electron chi connectivity index (χ1n) is 7.53. The Balaban J connectivity index is 1.39. The Kier molecular flexibility index (Phi) is 3.58. The Bertz CT molecular complexity index is 715. The van der Waals surface area contributed by atoms with Gasteiger partial charge in [-0.1, -0.05) is 24.3 Å². The lowest BCUT2D eigenvalue weighted by atomic mass is 9.85. The second-order valence-electron chi connectivity index (χ2n) is 5.94. The van der Waals surface area contributed by atoms with Crippen molar-refractivity contribution in [2.24, 2.45) is 11.8 Å². The number of carbonyl (C=O) groups excluding carboxylic acids is 2. The van der Waals surface area contributed by atoms with E-state index < -0.39 is 42.2 Å². The minimum atomic E-state index is -4.76. The molecule has 0 radical (unpaired) electrons. The third-order valence-corrected chi connectivity index (χ3v) is 4.39. The van der Waals surface area contributed by atoms with Crippen molar-refractivity contribution in [1.82, 2.24) is 5.06 Å². The van der Waals surface area contributed by atoms with Crippen molar-refractivity contribution in [3.63, 3.8) is 0 Å². The van der Waals surface area contributed by atoms with Gasteiger partial charge < -0.3 is 9.47 Å². The molecule has 2 fully saturated rings. The number of rotatable bonds is 4. The van der Waals surface area contributed by atoms with E-state index in [1.165, 1.54) is 12.1 Å². The molecule has 25 heavy (non-hydrogen) atoms. The molecular weight excluding hydrogens is 343 g/mol. The van der Waals surface area contributed by atoms with Crippen LogP contribution < -0.4 is 4.74 Å². The van der Waals surface area contributed by atoms with Crippen LogP contribution in [-0.2, 0) is 25.8 Å². The van der Waals surface area contributed by atoms with Gasteiger partial charge in [0.1, 0.15) is 12.4 Å². The third-order valence-electron chi connectivity index (χ3n) is 4.39. The van der Waals surface area contributed by atoms with Gasteiger partial charge in [0.15, 0.2) is 0 Å². The Morgan fingerprint density at radius 2 is 1.56 bits per heavy atom. The standard InChI is InChI=1S/C16H12F3NO5/c17-16(18,19)25-9-3-1-8(2-4-9)7-23-20-14(21)12-10-5-6-11(24-10)13(12)15(20)22/h1-6,10-13H,7H2/t10-,11-,12-,13+/m1/s1. The Morgan fingerprint density at radius 3 is 2.08 bits per heavy atom. The number of alkyl halides is 3. The minimum absolute atomic E-state index is 0.132. The minimum Gasteiger partial charge on any atom is -0.406 e. The summed E-state index contributed by atoms with van der Waals surface area (Å²) >= 11 is 0. The molecule has 2 saturated heterocycles. The van der Waals surface area contributed by atoms with Gasteiger partial charge in [0, 0.05) is 0 Å². The summed E-state index contributed by atoms with van der Waals surface area (Å²) in [5.74, 6) is -2.40. The molecule has 4 atom stereocenters. The topological polar surface area (TPSA) is 65.1 Å². The number of imide groups is 1. The number of benzene rings is 1. The van der Waals surface area contributed by atoms with Gasteiger partial charge >= 0.3 is 6.36 Å². The van der Waals surface area contributed by atoms with Crippen molar-refractivity contribution in [3.8, 4) is 5.75 Å². The summed E-state index contributed by atoms with van der Waals surface area (Å²) in [7, 11) is 0. The lowest BCUT2D eigenvalue weighted by molar-refractivity contribution is -0.274. The fourth-order valence-corrected chi connectivity index (χ4v) is 3.33. The molecule has 2 bridgehead atoms. The van der Waals surface area contributed by atoms with E-state index in [4.69, 9.17) is 9.57 Å². The summed E-state index contributed by atoms with van der Waals surface area (Å²) in [6, 6.07) is 4.99. The molecule has 0 N–H and O–H groups in total. The highest BCUT2D eigenvalue weighted by Crippen LogP contribution is 2.45. The first-order chi connectivity index (χ1) is 11.8. The number of halogens is 3. The fraction of sp³-hybridized carbons (Fsp3) is 0.375. The van der Waals surface area contributed by atoms with Gasteiger partial charge in [0.05, 0.1) is 24.0 Å². The van der Waals surface area contributed by atoms with E-state index in [0.29, 0.717) is 5.56 Å². The van der Waals surface area contributed by atoms with Crippen LogP contribution in [0.15, 0.2) is 36.4 Å². The summed E-state index contributed by atoms with van der Waals surface area (Å²) in [4.78, 5) is 30.0. The van der Waals surface area contributed by atoms with Crippen LogP contribution in [0.25, 0.3) is 0 Å². The van der Waals surface area contributed by atoms with Gasteiger partial charge in [-0.05, 0) is 17.7 Å². The highest BCUT2D eigenvalue weighted by molar-refractivity contribution is 6.05. The summed E-state index contributed by atoms with van der Waals surface area (Å²) in [5, 5.41) is 0.741. The predicted octanol–water partition coefficient (Wildman–Crippen LogP) is 1.96. The molecule has 3 aliphatic heterocycles.